The van der Waals surface area contributed by atoms with Crippen molar-refractivity contribution < 1.29 is 0 Å². The second-order valence-corrected chi connectivity index (χ2v) is 12.5. The molecule has 0 spiro atoms. The Morgan fingerprint density at radius 1 is 0.457 bits per heavy atom. The number of hydrogen-bond donors (Lipinski definition) is 0. The molecule has 2 aliphatic rings. The number of allylic oxidation sites excluding steroid dienone is 5. The van der Waals surface area contributed by atoms with Crippen LogP contribution in [0.15, 0.2) is 164 Å². The van der Waals surface area contributed by atoms with Crippen molar-refractivity contribution in [2.45, 2.75) is 5.92 Å². The Morgan fingerprint density at radius 3 is 2.04 bits per heavy atom. The lowest BCUT2D eigenvalue weighted by molar-refractivity contribution is 0.696. The summed E-state index contributed by atoms with van der Waals surface area (Å²) in [6.07, 6.45) is 12.0. The molecule has 0 bridgehead atoms. The quantitative estimate of drug-likeness (QED) is 0.195. The van der Waals surface area contributed by atoms with Crippen LogP contribution >= 0.6 is 0 Å². The zero-order chi connectivity index (χ0) is 30.2. The first kappa shape index (κ1) is 25.5. The third-order valence-corrected chi connectivity index (χ3v) is 10.0. The van der Waals surface area contributed by atoms with E-state index in [0.717, 1.165) is 0 Å². The van der Waals surface area contributed by atoms with E-state index in [2.05, 4.69) is 179 Å². The summed E-state index contributed by atoms with van der Waals surface area (Å²) in [4.78, 5) is 0. The van der Waals surface area contributed by atoms with Gasteiger partial charge >= 0.3 is 0 Å². The first-order valence-corrected chi connectivity index (χ1v) is 16.1. The lowest BCUT2D eigenvalue weighted by Gasteiger charge is -2.28. The van der Waals surface area contributed by atoms with Gasteiger partial charge in [0.05, 0.1) is 22.2 Å². The van der Waals surface area contributed by atoms with Crippen LogP contribution in [0.25, 0.3) is 66.5 Å². The van der Waals surface area contributed by atoms with Gasteiger partial charge in [-0.2, -0.15) is 0 Å². The SMILES string of the molecule is C1=CC2c3c(n(-c4ccccc4)c4ccccc34)C=CC2C=C1c1ccc2c3ccccc3n(-c3ccc4ccccc4c3)c2c1. The van der Waals surface area contributed by atoms with Crippen molar-refractivity contribution in [3.63, 3.8) is 0 Å². The highest BCUT2D eigenvalue weighted by Gasteiger charge is 2.31. The van der Waals surface area contributed by atoms with E-state index in [1.807, 2.05) is 0 Å². The Morgan fingerprint density at radius 2 is 1.17 bits per heavy atom. The van der Waals surface area contributed by atoms with Crippen LogP contribution in [0.4, 0.5) is 0 Å². The van der Waals surface area contributed by atoms with Gasteiger partial charge < -0.3 is 9.13 Å². The predicted octanol–water partition coefficient (Wildman–Crippen LogP) is 11.3. The maximum Gasteiger partial charge on any atom is 0.0547 e. The molecule has 2 nitrogen and oxygen atoms in total. The molecule has 46 heavy (non-hydrogen) atoms. The van der Waals surface area contributed by atoms with Crippen molar-refractivity contribution in [3.05, 3.63) is 181 Å². The van der Waals surface area contributed by atoms with Gasteiger partial charge in [-0.25, -0.2) is 0 Å². The molecule has 2 aromatic heterocycles. The Kier molecular flexibility index (Phi) is 5.44. The zero-order valence-corrected chi connectivity index (χ0v) is 25.2. The molecule has 216 valence electrons. The molecule has 0 radical (unpaired) electrons. The topological polar surface area (TPSA) is 9.86 Å². The zero-order valence-electron chi connectivity index (χ0n) is 25.2. The monoisotopic (exact) mass is 586 g/mol. The molecule has 10 rings (SSSR count). The Labute approximate surface area is 267 Å². The van der Waals surface area contributed by atoms with Gasteiger partial charge in [-0.1, -0.05) is 121 Å². The molecule has 2 atom stereocenters. The van der Waals surface area contributed by atoms with Gasteiger partial charge in [-0.15, -0.1) is 0 Å². The summed E-state index contributed by atoms with van der Waals surface area (Å²) >= 11 is 0. The van der Waals surface area contributed by atoms with E-state index in [-0.39, 0.29) is 0 Å². The number of aromatic nitrogens is 2. The van der Waals surface area contributed by atoms with Gasteiger partial charge in [0.2, 0.25) is 0 Å². The minimum absolute atomic E-state index is 0.296. The summed E-state index contributed by atoms with van der Waals surface area (Å²) in [5.74, 6) is 0.593. The molecule has 6 aromatic carbocycles. The molecule has 2 heteroatoms. The van der Waals surface area contributed by atoms with Crippen molar-refractivity contribution >= 4 is 55.1 Å². The van der Waals surface area contributed by atoms with Crippen LogP contribution in [0.1, 0.15) is 22.7 Å². The summed E-state index contributed by atoms with van der Waals surface area (Å²) in [6.45, 7) is 0. The molecule has 0 N–H and O–H groups in total. The number of benzene rings is 6. The van der Waals surface area contributed by atoms with Gasteiger partial charge in [-0.3, -0.25) is 0 Å². The number of fused-ring (bicyclic) bond motifs is 9. The molecule has 0 amide bonds. The minimum Gasteiger partial charge on any atom is -0.310 e. The lowest BCUT2D eigenvalue weighted by Crippen LogP contribution is -2.15. The molecule has 0 saturated carbocycles. The van der Waals surface area contributed by atoms with Crippen LogP contribution in [-0.4, -0.2) is 9.13 Å². The summed E-state index contributed by atoms with van der Waals surface area (Å²) in [5.41, 5.74) is 11.4. The molecule has 0 fully saturated rings. The molecule has 8 aromatic rings. The van der Waals surface area contributed by atoms with Crippen molar-refractivity contribution in [1.82, 2.24) is 9.13 Å². The standard InChI is InChI=1S/C44H30N2/c1-2-12-34(13-3-1)45-41-17-9-7-15-39(41)44-36-23-19-31(26-33(36)21-25-42(44)45)32-20-24-38-37-14-6-8-16-40(37)46(43(38)28-32)35-22-18-29-10-4-5-11-30(29)27-35/h1-28,33,36H. The van der Waals surface area contributed by atoms with Crippen LogP contribution in [0.3, 0.4) is 0 Å². The van der Waals surface area contributed by atoms with Crippen molar-refractivity contribution in [3.8, 4) is 11.4 Å². The Hall–Kier alpha value is -5.86. The van der Waals surface area contributed by atoms with E-state index in [1.165, 1.54) is 77.2 Å². The number of nitrogens with zero attached hydrogens (tertiary/aromatic N) is 2. The maximum absolute atomic E-state index is 2.48. The average molecular weight is 587 g/mol. The second kappa shape index (κ2) is 9.82. The molecular weight excluding hydrogens is 556 g/mol. The molecule has 0 saturated heterocycles. The molecule has 2 unspecified atom stereocenters. The fraction of sp³-hybridized carbons (Fsp3) is 0.0455. The summed E-state index contributed by atoms with van der Waals surface area (Å²) in [5, 5.41) is 6.41. The highest BCUT2D eigenvalue weighted by Crippen LogP contribution is 2.46. The van der Waals surface area contributed by atoms with E-state index >= 15 is 0 Å². The largest absolute Gasteiger partial charge is 0.310 e. The van der Waals surface area contributed by atoms with Crippen molar-refractivity contribution in [1.29, 1.82) is 0 Å². The van der Waals surface area contributed by atoms with E-state index in [1.54, 1.807) is 0 Å². The third kappa shape index (κ3) is 3.71. The Bertz CT molecular complexity index is 2590. The van der Waals surface area contributed by atoms with E-state index in [0.29, 0.717) is 11.8 Å². The second-order valence-electron chi connectivity index (χ2n) is 12.5. The first-order valence-electron chi connectivity index (χ1n) is 16.1. The molecular formula is C44H30N2. The van der Waals surface area contributed by atoms with Crippen molar-refractivity contribution in [2.24, 2.45) is 5.92 Å². The highest BCUT2D eigenvalue weighted by atomic mass is 15.0. The molecule has 0 aliphatic heterocycles. The van der Waals surface area contributed by atoms with Gasteiger partial charge in [-0.05, 0) is 76.0 Å². The van der Waals surface area contributed by atoms with Crippen molar-refractivity contribution in [2.75, 3.05) is 0 Å². The van der Waals surface area contributed by atoms with Crippen LogP contribution in [0.2, 0.25) is 0 Å². The molecule has 2 aliphatic carbocycles. The summed E-state index contributed by atoms with van der Waals surface area (Å²) in [7, 11) is 0. The number of para-hydroxylation sites is 3. The fourth-order valence-electron chi connectivity index (χ4n) is 7.96. The number of hydrogen-bond acceptors (Lipinski definition) is 0. The van der Waals surface area contributed by atoms with Gasteiger partial charge in [0, 0.05) is 39.4 Å². The van der Waals surface area contributed by atoms with Crippen LogP contribution < -0.4 is 0 Å². The van der Waals surface area contributed by atoms with E-state index < -0.39 is 0 Å². The maximum atomic E-state index is 2.48. The summed E-state index contributed by atoms with van der Waals surface area (Å²) < 4.78 is 4.85. The van der Waals surface area contributed by atoms with E-state index in [4.69, 9.17) is 0 Å². The van der Waals surface area contributed by atoms with Gasteiger partial charge in [0.1, 0.15) is 0 Å². The van der Waals surface area contributed by atoms with Gasteiger partial charge in [0.15, 0.2) is 0 Å². The predicted molar refractivity (Wildman–Crippen MR) is 194 cm³/mol. The Balaban J connectivity index is 1.10. The third-order valence-electron chi connectivity index (χ3n) is 10.0. The van der Waals surface area contributed by atoms with Crippen LogP contribution in [0.5, 0.6) is 0 Å². The van der Waals surface area contributed by atoms with E-state index in [9.17, 15) is 0 Å². The minimum atomic E-state index is 0.296. The van der Waals surface area contributed by atoms with Crippen LogP contribution in [-0.2, 0) is 0 Å². The average Bonchev–Trinajstić information content (AvgIpc) is 3.64. The van der Waals surface area contributed by atoms with Gasteiger partial charge in [0.25, 0.3) is 0 Å². The molecule has 2 heterocycles. The highest BCUT2D eigenvalue weighted by molar-refractivity contribution is 6.10. The number of rotatable bonds is 3. The lowest BCUT2D eigenvalue weighted by atomic mass is 9.76. The van der Waals surface area contributed by atoms with Crippen LogP contribution in [0, 0.1) is 5.92 Å². The fourth-order valence-corrected chi connectivity index (χ4v) is 7.96. The smallest absolute Gasteiger partial charge is 0.0547 e. The normalized spacial score (nSPS) is 17.1. The summed E-state index contributed by atoms with van der Waals surface area (Å²) in [6, 6.07) is 50.8. The first-order chi connectivity index (χ1) is 22.8.